The van der Waals surface area contributed by atoms with Crippen LogP contribution >= 0.6 is 11.3 Å². The lowest BCUT2D eigenvalue weighted by Crippen LogP contribution is -2.14. The average Bonchev–Trinajstić information content (AvgIpc) is 3.03. The Balaban J connectivity index is 1.51. The van der Waals surface area contributed by atoms with Gasteiger partial charge in [0.15, 0.2) is 5.13 Å². The second-order valence-corrected chi connectivity index (χ2v) is 7.35. The second kappa shape index (κ2) is 7.73. The van der Waals surface area contributed by atoms with Crippen LogP contribution < -0.4 is 5.32 Å². The Bertz CT molecular complexity index is 642. The van der Waals surface area contributed by atoms with Gasteiger partial charge in [0.05, 0.1) is 5.69 Å². The van der Waals surface area contributed by atoms with Crippen molar-refractivity contribution in [3.8, 4) is 11.3 Å². The minimum absolute atomic E-state index is 0.0976. The lowest BCUT2D eigenvalue weighted by molar-refractivity contribution is -0.116. The van der Waals surface area contributed by atoms with Gasteiger partial charge in [-0.05, 0) is 19.3 Å². The van der Waals surface area contributed by atoms with Crippen molar-refractivity contribution in [2.75, 3.05) is 5.32 Å². The Morgan fingerprint density at radius 1 is 1.22 bits per heavy atom. The highest BCUT2D eigenvalue weighted by Gasteiger charge is 2.15. The first-order valence-electron chi connectivity index (χ1n) is 8.53. The molecule has 2 aromatic rings. The van der Waals surface area contributed by atoms with E-state index in [2.05, 4.69) is 41.5 Å². The van der Waals surface area contributed by atoms with Crippen molar-refractivity contribution >= 4 is 22.4 Å². The van der Waals surface area contributed by atoms with E-state index in [1.165, 1.54) is 49.0 Å². The Morgan fingerprint density at radius 3 is 2.70 bits per heavy atom. The first-order chi connectivity index (χ1) is 11.2. The fourth-order valence-electron chi connectivity index (χ4n) is 3.18. The van der Waals surface area contributed by atoms with Crippen molar-refractivity contribution in [2.45, 2.75) is 51.9 Å². The number of aromatic nitrogens is 1. The number of nitrogens with one attached hydrogen (secondary N) is 1. The standard InChI is InChI=1S/C19H24N2OS/c1-14-7-10-16(11-8-14)17-13-23-19(20-17)21-18(22)12-9-15-5-3-2-4-6-15/h7-8,10-11,13,15H,2-6,9,12H2,1H3,(H,20,21,22). The number of benzene rings is 1. The summed E-state index contributed by atoms with van der Waals surface area (Å²) in [5.74, 6) is 0.842. The van der Waals surface area contributed by atoms with Crippen LogP contribution in [0.3, 0.4) is 0 Å². The maximum atomic E-state index is 12.1. The number of nitrogens with zero attached hydrogens (tertiary/aromatic N) is 1. The van der Waals surface area contributed by atoms with Crippen molar-refractivity contribution in [1.82, 2.24) is 4.98 Å². The normalized spacial score (nSPS) is 15.5. The Morgan fingerprint density at radius 2 is 1.96 bits per heavy atom. The van der Waals surface area contributed by atoms with E-state index in [1.807, 2.05) is 5.38 Å². The first-order valence-corrected chi connectivity index (χ1v) is 9.41. The lowest BCUT2D eigenvalue weighted by Gasteiger charge is -2.20. The number of rotatable bonds is 5. The summed E-state index contributed by atoms with van der Waals surface area (Å²) in [6, 6.07) is 8.30. The van der Waals surface area contributed by atoms with Crippen LogP contribution in [0.2, 0.25) is 0 Å². The fraction of sp³-hybridized carbons (Fsp3) is 0.474. The molecule has 1 saturated carbocycles. The molecule has 122 valence electrons. The molecule has 0 unspecified atom stereocenters. The Kier molecular flexibility index (Phi) is 5.44. The van der Waals surface area contributed by atoms with Crippen LogP contribution in [0.15, 0.2) is 29.6 Å². The zero-order valence-electron chi connectivity index (χ0n) is 13.7. The highest BCUT2D eigenvalue weighted by Crippen LogP contribution is 2.28. The quantitative estimate of drug-likeness (QED) is 0.796. The van der Waals surface area contributed by atoms with Crippen LogP contribution in [0.5, 0.6) is 0 Å². The lowest BCUT2D eigenvalue weighted by atomic mass is 9.86. The summed E-state index contributed by atoms with van der Waals surface area (Å²) in [6.45, 7) is 2.07. The molecule has 0 atom stereocenters. The van der Waals surface area contributed by atoms with Crippen LogP contribution in [0, 0.1) is 12.8 Å². The van der Waals surface area contributed by atoms with Crippen molar-refractivity contribution < 1.29 is 4.79 Å². The third kappa shape index (κ3) is 4.64. The number of aryl methyl sites for hydroxylation is 1. The van der Waals surface area contributed by atoms with Crippen molar-refractivity contribution in [1.29, 1.82) is 0 Å². The fourth-order valence-corrected chi connectivity index (χ4v) is 3.92. The van der Waals surface area contributed by atoms with E-state index >= 15 is 0 Å². The molecule has 1 aromatic heterocycles. The molecule has 1 aromatic carbocycles. The number of anilines is 1. The predicted molar refractivity (Wildman–Crippen MR) is 96.7 cm³/mol. The van der Waals surface area contributed by atoms with Gasteiger partial charge in [-0.15, -0.1) is 11.3 Å². The maximum Gasteiger partial charge on any atom is 0.226 e. The number of carbonyl (C=O) groups is 1. The van der Waals surface area contributed by atoms with Gasteiger partial charge in [-0.1, -0.05) is 61.9 Å². The summed E-state index contributed by atoms with van der Waals surface area (Å²) in [7, 11) is 0. The van der Waals surface area contributed by atoms with E-state index in [1.54, 1.807) is 0 Å². The third-order valence-electron chi connectivity index (χ3n) is 4.60. The summed E-state index contributed by atoms with van der Waals surface area (Å²) >= 11 is 1.50. The molecular formula is C19H24N2OS. The van der Waals surface area contributed by atoms with Crippen molar-refractivity contribution in [2.24, 2.45) is 5.92 Å². The number of hydrogen-bond acceptors (Lipinski definition) is 3. The van der Waals surface area contributed by atoms with E-state index in [9.17, 15) is 4.79 Å². The smallest absolute Gasteiger partial charge is 0.226 e. The van der Waals surface area contributed by atoms with E-state index in [-0.39, 0.29) is 5.91 Å². The van der Waals surface area contributed by atoms with Gasteiger partial charge in [-0.25, -0.2) is 4.98 Å². The Labute approximate surface area is 142 Å². The van der Waals surface area contributed by atoms with Crippen LogP contribution in [0.4, 0.5) is 5.13 Å². The monoisotopic (exact) mass is 328 g/mol. The second-order valence-electron chi connectivity index (χ2n) is 6.49. The van der Waals surface area contributed by atoms with Gasteiger partial charge >= 0.3 is 0 Å². The molecule has 3 rings (SSSR count). The molecule has 0 bridgehead atoms. The van der Waals surface area contributed by atoms with Crippen LogP contribution in [-0.2, 0) is 4.79 Å². The van der Waals surface area contributed by atoms with Gasteiger partial charge in [-0.2, -0.15) is 0 Å². The van der Waals surface area contributed by atoms with Gasteiger partial charge in [0.2, 0.25) is 5.91 Å². The molecule has 4 heteroatoms. The molecule has 0 spiro atoms. The number of amides is 1. The molecule has 23 heavy (non-hydrogen) atoms. The Hall–Kier alpha value is -1.68. The van der Waals surface area contributed by atoms with Gasteiger partial charge < -0.3 is 5.32 Å². The van der Waals surface area contributed by atoms with E-state index < -0.39 is 0 Å². The molecule has 3 nitrogen and oxygen atoms in total. The molecular weight excluding hydrogens is 304 g/mol. The largest absolute Gasteiger partial charge is 0.302 e. The highest BCUT2D eigenvalue weighted by atomic mass is 32.1. The molecule has 1 amide bonds. The third-order valence-corrected chi connectivity index (χ3v) is 5.36. The maximum absolute atomic E-state index is 12.1. The van der Waals surface area contributed by atoms with Gasteiger partial charge in [0.25, 0.3) is 0 Å². The summed E-state index contributed by atoms with van der Waals surface area (Å²) in [6.07, 6.45) is 8.25. The minimum atomic E-state index is 0.0976. The topological polar surface area (TPSA) is 42.0 Å². The molecule has 1 aliphatic carbocycles. The summed E-state index contributed by atoms with van der Waals surface area (Å²) in [5, 5.41) is 5.66. The van der Waals surface area contributed by atoms with E-state index in [4.69, 9.17) is 0 Å². The molecule has 1 N–H and O–H groups in total. The molecule has 1 fully saturated rings. The molecule has 0 radical (unpaired) electrons. The minimum Gasteiger partial charge on any atom is -0.302 e. The van der Waals surface area contributed by atoms with Gasteiger partial charge in [-0.3, -0.25) is 4.79 Å². The SMILES string of the molecule is Cc1ccc(-c2csc(NC(=O)CCC3CCCCC3)n2)cc1. The van der Waals surface area contributed by atoms with E-state index in [0.717, 1.165) is 23.6 Å². The average molecular weight is 328 g/mol. The molecule has 0 aliphatic heterocycles. The van der Waals surface area contributed by atoms with Gasteiger partial charge in [0.1, 0.15) is 0 Å². The van der Waals surface area contributed by atoms with Crippen LogP contribution in [0.25, 0.3) is 11.3 Å². The zero-order valence-corrected chi connectivity index (χ0v) is 14.5. The summed E-state index contributed by atoms with van der Waals surface area (Å²) in [5.41, 5.74) is 3.26. The first kappa shape index (κ1) is 16.2. The summed E-state index contributed by atoms with van der Waals surface area (Å²) in [4.78, 5) is 16.6. The highest BCUT2D eigenvalue weighted by molar-refractivity contribution is 7.14. The van der Waals surface area contributed by atoms with Crippen molar-refractivity contribution in [3.05, 3.63) is 35.2 Å². The predicted octanol–water partition coefficient (Wildman–Crippen LogP) is 5.42. The number of carbonyl (C=O) groups excluding carboxylic acids is 1. The molecule has 1 aliphatic rings. The molecule has 1 heterocycles. The number of hydrogen-bond donors (Lipinski definition) is 1. The van der Waals surface area contributed by atoms with Crippen molar-refractivity contribution in [3.63, 3.8) is 0 Å². The van der Waals surface area contributed by atoms with Crippen LogP contribution in [-0.4, -0.2) is 10.9 Å². The van der Waals surface area contributed by atoms with E-state index in [0.29, 0.717) is 11.6 Å². The zero-order chi connectivity index (χ0) is 16.1. The van der Waals surface area contributed by atoms with Crippen LogP contribution in [0.1, 0.15) is 50.5 Å². The molecule has 0 saturated heterocycles. The van der Waals surface area contributed by atoms with Gasteiger partial charge in [0, 0.05) is 17.4 Å². The summed E-state index contributed by atoms with van der Waals surface area (Å²) < 4.78 is 0. The number of thiazole rings is 1.